The molecule has 2 rings (SSSR count). The van der Waals surface area contributed by atoms with Crippen molar-refractivity contribution in [3.8, 4) is 11.5 Å². The average Bonchev–Trinajstić information content (AvgIpc) is 2.65. The second-order valence-electron chi connectivity index (χ2n) is 5.22. The van der Waals surface area contributed by atoms with Crippen LogP contribution < -0.4 is 10.1 Å². The number of phenolic OH excluding ortho intramolecular Hbond substituents is 1. The molecule has 0 bridgehead atoms. The van der Waals surface area contributed by atoms with Crippen LogP contribution >= 0.6 is 0 Å². The summed E-state index contributed by atoms with van der Waals surface area (Å²) in [6.45, 7) is 4.59. The second-order valence-corrected chi connectivity index (χ2v) is 5.22. The highest BCUT2D eigenvalue weighted by atomic mass is 16.5. The Morgan fingerprint density at radius 2 is 2.20 bits per heavy atom. The molecule has 2 amide bonds. The fourth-order valence-corrected chi connectivity index (χ4v) is 2.32. The van der Waals surface area contributed by atoms with Crippen LogP contribution in [0.25, 0.3) is 0 Å². The molecule has 6 nitrogen and oxygen atoms in total. The first-order valence-electron chi connectivity index (χ1n) is 6.47. The third-order valence-electron chi connectivity index (χ3n) is 3.17. The molecule has 1 atom stereocenters. The molecule has 1 heterocycles. The SMILES string of the molecule is COc1cc(C2C(=N)NC(=O)N2CC(C)C)ccc1O. The van der Waals surface area contributed by atoms with Gasteiger partial charge in [0.25, 0.3) is 0 Å². The summed E-state index contributed by atoms with van der Waals surface area (Å²) < 4.78 is 5.08. The van der Waals surface area contributed by atoms with Gasteiger partial charge in [0, 0.05) is 6.54 Å². The van der Waals surface area contributed by atoms with Gasteiger partial charge < -0.3 is 14.7 Å². The van der Waals surface area contributed by atoms with Gasteiger partial charge in [-0.2, -0.15) is 0 Å². The Morgan fingerprint density at radius 1 is 1.50 bits per heavy atom. The van der Waals surface area contributed by atoms with Crippen molar-refractivity contribution in [2.75, 3.05) is 13.7 Å². The molecule has 1 aliphatic rings. The summed E-state index contributed by atoms with van der Waals surface area (Å²) in [5.41, 5.74) is 0.739. The van der Waals surface area contributed by atoms with Crippen LogP contribution in [0, 0.1) is 11.3 Å². The third kappa shape index (κ3) is 2.54. The van der Waals surface area contributed by atoms with E-state index >= 15 is 0 Å². The van der Waals surface area contributed by atoms with E-state index in [4.69, 9.17) is 10.1 Å². The van der Waals surface area contributed by atoms with E-state index in [0.717, 1.165) is 5.56 Å². The van der Waals surface area contributed by atoms with Crippen LogP contribution in [0.4, 0.5) is 4.79 Å². The fourth-order valence-electron chi connectivity index (χ4n) is 2.32. The lowest BCUT2D eigenvalue weighted by Crippen LogP contribution is -2.33. The highest BCUT2D eigenvalue weighted by Gasteiger charge is 2.37. The van der Waals surface area contributed by atoms with Crippen molar-refractivity contribution in [3.63, 3.8) is 0 Å². The number of amidine groups is 1. The van der Waals surface area contributed by atoms with Gasteiger partial charge in [-0.1, -0.05) is 19.9 Å². The van der Waals surface area contributed by atoms with E-state index in [9.17, 15) is 9.90 Å². The van der Waals surface area contributed by atoms with Gasteiger partial charge >= 0.3 is 6.03 Å². The molecule has 6 heteroatoms. The van der Waals surface area contributed by atoms with Gasteiger partial charge in [0.15, 0.2) is 11.5 Å². The maximum Gasteiger partial charge on any atom is 0.323 e. The molecule has 20 heavy (non-hydrogen) atoms. The van der Waals surface area contributed by atoms with Crippen molar-refractivity contribution in [2.24, 2.45) is 5.92 Å². The van der Waals surface area contributed by atoms with Crippen molar-refractivity contribution < 1.29 is 14.6 Å². The maximum absolute atomic E-state index is 11.9. The number of benzene rings is 1. The summed E-state index contributed by atoms with van der Waals surface area (Å²) in [5, 5.41) is 20.1. The Labute approximate surface area is 117 Å². The van der Waals surface area contributed by atoms with E-state index < -0.39 is 6.04 Å². The topological polar surface area (TPSA) is 85.7 Å². The maximum atomic E-state index is 11.9. The van der Waals surface area contributed by atoms with Crippen LogP contribution in [-0.4, -0.2) is 35.5 Å². The van der Waals surface area contributed by atoms with Gasteiger partial charge in [0.05, 0.1) is 7.11 Å². The van der Waals surface area contributed by atoms with Crippen LogP contribution in [0.3, 0.4) is 0 Å². The molecule has 1 aromatic rings. The van der Waals surface area contributed by atoms with E-state index in [0.29, 0.717) is 18.2 Å². The van der Waals surface area contributed by atoms with Crippen LogP contribution in [0.2, 0.25) is 0 Å². The number of aromatic hydroxyl groups is 1. The van der Waals surface area contributed by atoms with Crippen LogP contribution in [0.1, 0.15) is 25.5 Å². The predicted octanol–water partition coefficient (Wildman–Crippen LogP) is 2.10. The Balaban J connectivity index is 2.37. The van der Waals surface area contributed by atoms with Crippen LogP contribution in [-0.2, 0) is 0 Å². The Hall–Kier alpha value is -2.24. The number of rotatable bonds is 4. The number of phenols is 1. The first-order valence-corrected chi connectivity index (χ1v) is 6.47. The lowest BCUT2D eigenvalue weighted by atomic mass is 10.0. The molecular formula is C14H19N3O3. The number of hydrogen-bond donors (Lipinski definition) is 3. The molecule has 0 aliphatic carbocycles. The number of nitrogens with zero attached hydrogens (tertiary/aromatic N) is 1. The molecule has 1 aromatic carbocycles. The smallest absolute Gasteiger partial charge is 0.323 e. The molecule has 0 aromatic heterocycles. The quantitative estimate of drug-likeness (QED) is 0.787. The number of amides is 2. The molecule has 1 unspecified atom stereocenters. The monoisotopic (exact) mass is 277 g/mol. The lowest BCUT2D eigenvalue weighted by molar-refractivity contribution is 0.198. The van der Waals surface area contributed by atoms with Crippen molar-refractivity contribution in [2.45, 2.75) is 19.9 Å². The second kappa shape index (κ2) is 5.40. The zero-order chi connectivity index (χ0) is 14.9. The first-order chi connectivity index (χ1) is 9.43. The normalized spacial score (nSPS) is 18.6. The number of carbonyl (C=O) groups excluding carboxylic acids is 1. The average molecular weight is 277 g/mol. The standard InChI is InChI=1S/C14H19N3O3/c1-8(2)7-17-12(13(15)16-14(17)19)9-4-5-10(18)11(6-9)20-3/h4-6,8,12,18H,7H2,1-3H3,(H2,15,16,19). The Kier molecular flexibility index (Phi) is 3.83. The van der Waals surface area contributed by atoms with E-state index in [2.05, 4.69) is 5.32 Å². The molecule has 1 saturated heterocycles. The van der Waals surface area contributed by atoms with E-state index in [1.807, 2.05) is 13.8 Å². The summed E-state index contributed by atoms with van der Waals surface area (Å²) in [6.07, 6.45) is 0. The minimum atomic E-state index is -0.459. The molecule has 108 valence electrons. The first kappa shape index (κ1) is 14.2. The van der Waals surface area contributed by atoms with Gasteiger partial charge in [-0.15, -0.1) is 0 Å². The van der Waals surface area contributed by atoms with Gasteiger partial charge in [-0.25, -0.2) is 4.79 Å². The minimum Gasteiger partial charge on any atom is -0.504 e. The van der Waals surface area contributed by atoms with E-state index in [1.165, 1.54) is 13.2 Å². The zero-order valence-corrected chi connectivity index (χ0v) is 11.8. The van der Waals surface area contributed by atoms with Gasteiger partial charge in [-0.05, 0) is 23.6 Å². The molecule has 3 N–H and O–H groups in total. The highest BCUT2D eigenvalue weighted by molar-refractivity contribution is 6.06. The fraction of sp³-hybridized carbons (Fsp3) is 0.429. The highest BCUT2D eigenvalue weighted by Crippen LogP contribution is 2.33. The number of nitrogens with one attached hydrogen (secondary N) is 2. The largest absolute Gasteiger partial charge is 0.504 e. The van der Waals surface area contributed by atoms with Crippen molar-refractivity contribution in [1.82, 2.24) is 10.2 Å². The van der Waals surface area contributed by atoms with Crippen LogP contribution in [0.15, 0.2) is 18.2 Å². The molecule has 0 spiro atoms. The number of urea groups is 1. The lowest BCUT2D eigenvalue weighted by Gasteiger charge is -2.25. The van der Waals surface area contributed by atoms with Gasteiger partial charge in [-0.3, -0.25) is 10.7 Å². The van der Waals surface area contributed by atoms with Crippen molar-refractivity contribution in [1.29, 1.82) is 5.41 Å². The minimum absolute atomic E-state index is 0.0375. The molecule has 0 saturated carbocycles. The summed E-state index contributed by atoms with van der Waals surface area (Å²) in [6, 6.07) is 4.14. The summed E-state index contributed by atoms with van der Waals surface area (Å²) in [4.78, 5) is 13.5. The molecule has 0 radical (unpaired) electrons. The summed E-state index contributed by atoms with van der Waals surface area (Å²) >= 11 is 0. The molecular weight excluding hydrogens is 258 g/mol. The van der Waals surface area contributed by atoms with Gasteiger partial charge in [0.1, 0.15) is 11.9 Å². The predicted molar refractivity (Wildman–Crippen MR) is 75.2 cm³/mol. The molecule has 1 fully saturated rings. The van der Waals surface area contributed by atoms with Crippen LogP contribution in [0.5, 0.6) is 11.5 Å². The summed E-state index contributed by atoms with van der Waals surface area (Å²) in [7, 11) is 1.47. The zero-order valence-electron chi connectivity index (χ0n) is 11.8. The number of hydrogen-bond acceptors (Lipinski definition) is 4. The van der Waals surface area contributed by atoms with Gasteiger partial charge in [0.2, 0.25) is 0 Å². The van der Waals surface area contributed by atoms with Crippen molar-refractivity contribution >= 4 is 11.9 Å². The number of ether oxygens (including phenoxy) is 1. The molecule has 1 aliphatic heterocycles. The number of methoxy groups -OCH3 is 1. The Bertz CT molecular complexity index is 542. The van der Waals surface area contributed by atoms with Crippen molar-refractivity contribution in [3.05, 3.63) is 23.8 Å². The van der Waals surface area contributed by atoms with E-state index in [1.54, 1.807) is 17.0 Å². The summed E-state index contributed by atoms with van der Waals surface area (Å²) in [5.74, 6) is 0.811. The Morgan fingerprint density at radius 3 is 2.80 bits per heavy atom. The number of carbonyl (C=O) groups is 1. The van der Waals surface area contributed by atoms with E-state index in [-0.39, 0.29) is 17.6 Å². The third-order valence-corrected chi connectivity index (χ3v) is 3.17.